The Balaban J connectivity index is 1.07. The van der Waals surface area contributed by atoms with Gasteiger partial charge >= 0.3 is 0 Å². The molecule has 1 heterocycles. The summed E-state index contributed by atoms with van der Waals surface area (Å²) in [7, 11) is 0. The van der Waals surface area contributed by atoms with E-state index in [2.05, 4.69) is 5.32 Å². The van der Waals surface area contributed by atoms with Crippen molar-refractivity contribution in [2.45, 2.75) is 51.0 Å². The molecule has 4 fully saturated rings. The fourth-order valence-electron chi connectivity index (χ4n) is 7.46. The molecule has 0 aromatic heterocycles. The van der Waals surface area contributed by atoms with Gasteiger partial charge in [-0.05, 0) is 79.0 Å². The molecule has 2 amide bonds. The number of likely N-dealkylation sites (tertiary alicyclic amines) is 1. The van der Waals surface area contributed by atoms with Crippen LogP contribution >= 0.6 is 0 Å². The number of fused-ring (bicyclic) bond motifs is 6. The number of nitrogens with one attached hydrogen (secondary N) is 1. The Labute approximate surface area is 184 Å². The molecule has 3 saturated carbocycles. The van der Waals surface area contributed by atoms with Crippen molar-refractivity contribution in [3.05, 3.63) is 48.0 Å². The number of piperidine rings is 1. The average Bonchev–Trinajstić information content (AvgIpc) is 3.52. The third kappa shape index (κ3) is 3.26. The van der Waals surface area contributed by atoms with Gasteiger partial charge in [0.1, 0.15) is 0 Å². The van der Waals surface area contributed by atoms with E-state index < -0.39 is 0 Å². The molecule has 2 aromatic rings. The summed E-state index contributed by atoms with van der Waals surface area (Å²) in [4.78, 5) is 28.2. The molecular formula is C27H32N2O2. The maximum Gasteiger partial charge on any atom is 0.254 e. The summed E-state index contributed by atoms with van der Waals surface area (Å²) in [5.74, 6) is 3.82. The first-order valence-electron chi connectivity index (χ1n) is 12.3. The first-order valence-corrected chi connectivity index (χ1v) is 12.3. The molecule has 3 aliphatic carbocycles. The van der Waals surface area contributed by atoms with E-state index in [0.717, 1.165) is 52.8 Å². The molecule has 0 spiro atoms. The van der Waals surface area contributed by atoms with E-state index in [4.69, 9.17) is 0 Å². The van der Waals surface area contributed by atoms with E-state index in [0.29, 0.717) is 19.1 Å². The highest BCUT2D eigenvalue weighted by Gasteiger charge is 2.54. The maximum atomic E-state index is 13.2. The van der Waals surface area contributed by atoms with Gasteiger partial charge in [-0.1, -0.05) is 42.8 Å². The molecule has 1 N–H and O–H groups in total. The van der Waals surface area contributed by atoms with Gasteiger partial charge in [-0.25, -0.2) is 0 Å². The maximum absolute atomic E-state index is 13.2. The zero-order chi connectivity index (χ0) is 20.9. The predicted octanol–water partition coefficient (Wildman–Crippen LogP) is 4.63. The third-order valence-corrected chi connectivity index (χ3v) is 8.93. The van der Waals surface area contributed by atoms with Gasteiger partial charge in [0.15, 0.2) is 0 Å². The van der Waals surface area contributed by atoms with Gasteiger partial charge in [-0.3, -0.25) is 9.59 Å². The fraction of sp³-hybridized carbons (Fsp3) is 0.556. The number of carbonyl (C=O) groups excluding carboxylic acids is 2. The van der Waals surface area contributed by atoms with E-state index in [1.165, 1.54) is 32.1 Å². The molecular weight excluding hydrogens is 384 g/mol. The van der Waals surface area contributed by atoms with Gasteiger partial charge < -0.3 is 10.2 Å². The first kappa shape index (κ1) is 19.3. The fourth-order valence-corrected chi connectivity index (χ4v) is 7.46. The third-order valence-electron chi connectivity index (χ3n) is 8.93. The molecule has 2 aromatic carbocycles. The summed E-state index contributed by atoms with van der Waals surface area (Å²) >= 11 is 0. The normalized spacial score (nSPS) is 32.4. The largest absolute Gasteiger partial charge is 0.353 e. The smallest absolute Gasteiger partial charge is 0.254 e. The van der Waals surface area contributed by atoms with Crippen LogP contribution in [0.25, 0.3) is 10.8 Å². The standard InChI is InChI=1S/C27H32N2O2/c30-26(28-25-16-19-15-24(25)22-9-4-8-21(19)22)18-11-13-29(14-12-18)27(31)23-10-3-6-17-5-1-2-7-20(17)23/h1-3,5-7,10,18-19,21-22,24-25H,4,8-9,11-16H2,(H,28,30). The lowest BCUT2D eigenvalue weighted by atomic mass is 9.79. The molecule has 4 aliphatic rings. The SMILES string of the molecule is O=C(NC1CC2CC1C1CCCC21)C1CCN(C(=O)c2cccc3ccccc23)CC1. The van der Waals surface area contributed by atoms with Crippen molar-refractivity contribution in [1.29, 1.82) is 0 Å². The topological polar surface area (TPSA) is 49.4 Å². The second-order valence-electron chi connectivity index (χ2n) is 10.4. The molecule has 5 atom stereocenters. The van der Waals surface area contributed by atoms with Crippen LogP contribution in [0.5, 0.6) is 0 Å². The number of rotatable bonds is 3. The van der Waals surface area contributed by atoms with Crippen LogP contribution in [0.3, 0.4) is 0 Å². The van der Waals surface area contributed by atoms with E-state index in [1.54, 1.807) is 0 Å². The molecule has 31 heavy (non-hydrogen) atoms. The number of hydrogen-bond acceptors (Lipinski definition) is 2. The van der Waals surface area contributed by atoms with Gasteiger partial charge in [-0.2, -0.15) is 0 Å². The molecule has 5 unspecified atom stereocenters. The van der Waals surface area contributed by atoms with Crippen LogP contribution in [0.15, 0.2) is 42.5 Å². The number of benzene rings is 2. The van der Waals surface area contributed by atoms with Gasteiger partial charge in [-0.15, -0.1) is 0 Å². The van der Waals surface area contributed by atoms with Crippen LogP contribution in [0.1, 0.15) is 55.3 Å². The van der Waals surface area contributed by atoms with Crippen LogP contribution in [0.2, 0.25) is 0 Å². The van der Waals surface area contributed by atoms with Gasteiger partial charge in [0.2, 0.25) is 5.91 Å². The molecule has 4 heteroatoms. The number of nitrogens with zero attached hydrogens (tertiary/aromatic N) is 1. The van der Waals surface area contributed by atoms with E-state index >= 15 is 0 Å². The summed E-state index contributed by atoms with van der Waals surface area (Å²) in [6.07, 6.45) is 8.30. The Morgan fingerprint density at radius 1 is 0.839 bits per heavy atom. The monoisotopic (exact) mass is 416 g/mol. The second kappa shape index (κ2) is 7.65. The quantitative estimate of drug-likeness (QED) is 0.793. The molecule has 0 radical (unpaired) electrons. The molecule has 162 valence electrons. The van der Waals surface area contributed by atoms with E-state index in [9.17, 15) is 9.59 Å². The minimum atomic E-state index is 0.0510. The minimum Gasteiger partial charge on any atom is -0.353 e. The van der Waals surface area contributed by atoms with Crippen molar-refractivity contribution in [3.8, 4) is 0 Å². The summed E-state index contributed by atoms with van der Waals surface area (Å²) < 4.78 is 0. The molecule has 6 rings (SSSR count). The molecule has 2 bridgehead atoms. The minimum absolute atomic E-state index is 0.0510. The van der Waals surface area contributed by atoms with E-state index in [-0.39, 0.29) is 17.7 Å². The lowest BCUT2D eigenvalue weighted by molar-refractivity contribution is -0.127. The van der Waals surface area contributed by atoms with Crippen LogP contribution in [-0.4, -0.2) is 35.8 Å². The highest BCUT2D eigenvalue weighted by molar-refractivity contribution is 6.07. The summed E-state index contributed by atoms with van der Waals surface area (Å²) in [6.45, 7) is 1.34. The van der Waals surface area contributed by atoms with Crippen LogP contribution in [0, 0.1) is 29.6 Å². The van der Waals surface area contributed by atoms with Crippen molar-refractivity contribution in [2.24, 2.45) is 29.6 Å². The highest BCUT2D eigenvalue weighted by atomic mass is 16.2. The Morgan fingerprint density at radius 3 is 2.48 bits per heavy atom. The average molecular weight is 417 g/mol. The molecule has 4 nitrogen and oxygen atoms in total. The van der Waals surface area contributed by atoms with Gasteiger partial charge in [0, 0.05) is 30.6 Å². The Hall–Kier alpha value is -2.36. The second-order valence-corrected chi connectivity index (χ2v) is 10.4. The summed E-state index contributed by atoms with van der Waals surface area (Å²) in [5, 5.41) is 5.56. The van der Waals surface area contributed by atoms with Crippen LogP contribution in [0.4, 0.5) is 0 Å². The number of hydrogen-bond donors (Lipinski definition) is 1. The predicted molar refractivity (Wildman–Crippen MR) is 122 cm³/mol. The van der Waals surface area contributed by atoms with Gasteiger partial charge in [0.25, 0.3) is 5.91 Å². The summed E-state index contributed by atoms with van der Waals surface area (Å²) in [5.41, 5.74) is 0.772. The zero-order valence-corrected chi connectivity index (χ0v) is 18.1. The highest BCUT2D eigenvalue weighted by Crippen LogP contribution is 2.58. The number of carbonyl (C=O) groups is 2. The van der Waals surface area contributed by atoms with Crippen molar-refractivity contribution >= 4 is 22.6 Å². The van der Waals surface area contributed by atoms with Crippen molar-refractivity contribution in [2.75, 3.05) is 13.1 Å². The summed E-state index contributed by atoms with van der Waals surface area (Å²) in [6, 6.07) is 14.4. The van der Waals surface area contributed by atoms with Gasteiger partial charge in [0.05, 0.1) is 0 Å². The number of amides is 2. The lowest BCUT2D eigenvalue weighted by Crippen LogP contribution is -2.48. The van der Waals surface area contributed by atoms with Crippen molar-refractivity contribution in [3.63, 3.8) is 0 Å². The van der Waals surface area contributed by atoms with Crippen molar-refractivity contribution < 1.29 is 9.59 Å². The molecule has 1 aliphatic heterocycles. The molecule has 1 saturated heterocycles. The van der Waals surface area contributed by atoms with Crippen LogP contribution in [-0.2, 0) is 4.79 Å². The van der Waals surface area contributed by atoms with Crippen molar-refractivity contribution in [1.82, 2.24) is 10.2 Å². The Morgan fingerprint density at radius 2 is 1.61 bits per heavy atom. The van der Waals surface area contributed by atoms with Crippen LogP contribution < -0.4 is 5.32 Å². The Bertz CT molecular complexity index is 1000. The zero-order valence-electron chi connectivity index (χ0n) is 18.1. The first-order chi connectivity index (χ1) is 15.2. The Kier molecular flexibility index (Phi) is 4.77. The lowest BCUT2D eigenvalue weighted by Gasteiger charge is -2.35. The van der Waals surface area contributed by atoms with E-state index in [1.807, 2.05) is 47.4 Å².